The van der Waals surface area contributed by atoms with Gasteiger partial charge in [0.25, 0.3) is 0 Å². The Labute approximate surface area is 116 Å². The molecule has 1 saturated carbocycles. The Kier molecular flexibility index (Phi) is 4.83. The molecule has 0 saturated heterocycles. The second-order valence-electron chi connectivity index (χ2n) is 5.86. The van der Waals surface area contributed by atoms with Crippen molar-refractivity contribution in [2.24, 2.45) is 5.92 Å². The Morgan fingerprint density at radius 3 is 2.79 bits per heavy atom. The Hall–Kier alpha value is -1.06. The number of aliphatic hydroxyl groups is 1. The fraction of sp³-hybridized carbons (Fsp3) is 0.625. The van der Waals surface area contributed by atoms with Crippen molar-refractivity contribution in [3.05, 3.63) is 29.8 Å². The van der Waals surface area contributed by atoms with Crippen LogP contribution in [0.5, 0.6) is 5.75 Å². The van der Waals surface area contributed by atoms with Gasteiger partial charge in [-0.05, 0) is 49.3 Å². The van der Waals surface area contributed by atoms with E-state index < -0.39 is 5.60 Å². The van der Waals surface area contributed by atoms with Gasteiger partial charge in [0.2, 0.25) is 0 Å². The maximum absolute atomic E-state index is 10.5. The molecule has 0 bridgehead atoms. The smallest absolute Gasteiger partial charge is 0.119 e. The fourth-order valence-corrected chi connectivity index (χ4v) is 2.70. The van der Waals surface area contributed by atoms with Crippen molar-refractivity contribution in [3.63, 3.8) is 0 Å². The Balaban J connectivity index is 1.79. The number of hydrogen-bond donors (Lipinski definition) is 2. The van der Waals surface area contributed by atoms with E-state index in [0.29, 0.717) is 6.54 Å². The average molecular weight is 263 g/mol. The first kappa shape index (κ1) is 14.4. The summed E-state index contributed by atoms with van der Waals surface area (Å²) < 4.78 is 5.21. The van der Waals surface area contributed by atoms with E-state index in [4.69, 9.17) is 4.74 Å². The molecule has 1 aliphatic carbocycles. The first-order valence-electron chi connectivity index (χ1n) is 7.17. The Morgan fingerprint density at radius 1 is 1.37 bits per heavy atom. The average Bonchev–Trinajstić information content (AvgIpc) is 2.43. The SMILES string of the molecule is COc1cccc(CNCC2(O)CCC(C)CC2)c1. The van der Waals surface area contributed by atoms with Gasteiger partial charge in [-0.2, -0.15) is 0 Å². The molecule has 2 N–H and O–H groups in total. The summed E-state index contributed by atoms with van der Waals surface area (Å²) in [4.78, 5) is 0. The summed E-state index contributed by atoms with van der Waals surface area (Å²) in [5.41, 5.74) is 0.679. The summed E-state index contributed by atoms with van der Waals surface area (Å²) in [6.07, 6.45) is 4.10. The van der Waals surface area contributed by atoms with Crippen molar-refractivity contribution in [3.8, 4) is 5.75 Å². The highest BCUT2D eigenvalue weighted by molar-refractivity contribution is 5.28. The lowest BCUT2D eigenvalue weighted by molar-refractivity contribution is -0.00630. The minimum Gasteiger partial charge on any atom is -0.497 e. The monoisotopic (exact) mass is 263 g/mol. The summed E-state index contributed by atoms with van der Waals surface area (Å²) in [5.74, 6) is 1.64. The third-order valence-electron chi connectivity index (χ3n) is 4.12. The lowest BCUT2D eigenvalue weighted by atomic mass is 9.79. The number of hydrogen-bond acceptors (Lipinski definition) is 3. The third kappa shape index (κ3) is 4.22. The summed E-state index contributed by atoms with van der Waals surface area (Å²) in [6.45, 7) is 3.72. The molecule has 3 nitrogen and oxygen atoms in total. The van der Waals surface area contributed by atoms with Crippen LogP contribution in [0.25, 0.3) is 0 Å². The van der Waals surface area contributed by atoms with Gasteiger partial charge in [-0.15, -0.1) is 0 Å². The number of methoxy groups -OCH3 is 1. The van der Waals surface area contributed by atoms with Crippen LogP contribution in [0.15, 0.2) is 24.3 Å². The molecule has 0 aromatic heterocycles. The van der Waals surface area contributed by atoms with Crippen LogP contribution in [0.1, 0.15) is 38.2 Å². The van der Waals surface area contributed by atoms with E-state index in [1.807, 2.05) is 18.2 Å². The second kappa shape index (κ2) is 6.40. The van der Waals surface area contributed by atoms with Gasteiger partial charge in [-0.1, -0.05) is 19.1 Å². The van der Waals surface area contributed by atoms with Gasteiger partial charge < -0.3 is 15.2 Å². The van der Waals surface area contributed by atoms with Crippen LogP contribution in [0.3, 0.4) is 0 Å². The number of benzene rings is 1. The van der Waals surface area contributed by atoms with Gasteiger partial charge in [0.15, 0.2) is 0 Å². The van der Waals surface area contributed by atoms with Crippen LogP contribution in [0.4, 0.5) is 0 Å². The van der Waals surface area contributed by atoms with Gasteiger partial charge in [0.1, 0.15) is 5.75 Å². The van der Waals surface area contributed by atoms with Crippen molar-refractivity contribution in [1.82, 2.24) is 5.32 Å². The molecule has 19 heavy (non-hydrogen) atoms. The van der Waals surface area contributed by atoms with Crippen molar-refractivity contribution in [2.45, 2.75) is 44.8 Å². The molecule has 1 aromatic carbocycles. The van der Waals surface area contributed by atoms with E-state index in [1.165, 1.54) is 5.56 Å². The highest BCUT2D eigenvalue weighted by atomic mass is 16.5. The lowest BCUT2D eigenvalue weighted by Crippen LogP contribution is -2.43. The molecule has 0 aliphatic heterocycles. The largest absolute Gasteiger partial charge is 0.497 e. The molecule has 106 valence electrons. The lowest BCUT2D eigenvalue weighted by Gasteiger charge is -2.35. The van der Waals surface area contributed by atoms with Gasteiger partial charge in [-0.25, -0.2) is 0 Å². The second-order valence-corrected chi connectivity index (χ2v) is 5.86. The molecule has 2 rings (SSSR count). The zero-order valence-electron chi connectivity index (χ0n) is 12.0. The maximum atomic E-state index is 10.5. The van der Waals surface area contributed by atoms with Crippen LogP contribution >= 0.6 is 0 Å². The zero-order chi connectivity index (χ0) is 13.7. The Morgan fingerprint density at radius 2 is 2.11 bits per heavy atom. The predicted molar refractivity (Wildman–Crippen MR) is 77.3 cm³/mol. The Bertz CT molecular complexity index is 397. The maximum Gasteiger partial charge on any atom is 0.119 e. The first-order valence-corrected chi connectivity index (χ1v) is 7.17. The van der Waals surface area contributed by atoms with E-state index in [-0.39, 0.29) is 0 Å². The molecular formula is C16H25NO2. The number of nitrogens with one attached hydrogen (secondary N) is 1. The van der Waals surface area contributed by atoms with E-state index in [9.17, 15) is 5.11 Å². The van der Waals surface area contributed by atoms with Crippen molar-refractivity contribution < 1.29 is 9.84 Å². The van der Waals surface area contributed by atoms with E-state index in [2.05, 4.69) is 18.3 Å². The third-order valence-corrected chi connectivity index (χ3v) is 4.12. The molecule has 0 unspecified atom stereocenters. The summed E-state index contributed by atoms with van der Waals surface area (Å²) >= 11 is 0. The van der Waals surface area contributed by atoms with Crippen molar-refractivity contribution >= 4 is 0 Å². The van der Waals surface area contributed by atoms with Gasteiger partial charge in [0.05, 0.1) is 12.7 Å². The normalized spacial score (nSPS) is 27.2. The summed E-state index contributed by atoms with van der Waals surface area (Å²) in [6, 6.07) is 8.04. The summed E-state index contributed by atoms with van der Waals surface area (Å²) in [7, 11) is 1.68. The zero-order valence-corrected chi connectivity index (χ0v) is 12.0. The molecule has 0 heterocycles. The van der Waals surface area contributed by atoms with E-state index >= 15 is 0 Å². The minimum absolute atomic E-state index is 0.509. The van der Waals surface area contributed by atoms with Crippen LogP contribution in [0, 0.1) is 5.92 Å². The fourth-order valence-electron chi connectivity index (χ4n) is 2.70. The predicted octanol–water partition coefficient (Wildman–Crippen LogP) is 2.73. The van der Waals surface area contributed by atoms with E-state index in [1.54, 1.807) is 7.11 Å². The number of ether oxygens (including phenoxy) is 1. The van der Waals surface area contributed by atoms with Crippen LogP contribution in [-0.2, 0) is 6.54 Å². The van der Waals surface area contributed by atoms with Gasteiger partial charge in [-0.3, -0.25) is 0 Å². The van der Waals surface area contributed by atoms with E-state index in [0.717, 1.165) is 43.9 Å². The standard InChI is InChI=1S/C16H25NO2/c1-13-6-8-16(18,9-7-13)12-17-11-14-4-3-5-15(10-14)19-2/h3-5,10,13,17-18H,6-9,11-12H2,1-2H3. The molecule has 0 amide bonds. The molecule has 0 spiro atoms. The molecule has 1 fully saturated rings. The van der Waals surface area contributed by atoms with Crippen molar-refractivity contribution in [1.29, 1.82) is 0 Å². The quantitative estimate of drug-likeness (QED) is 0.858. The molecular weight excluding hydrogens is 238 g/mol. The molecule has 1 aliphatic rings. The van der Waals surface area contributed by atoms with Crippen LogP contribution < -0.4 is 10.1 Å². The van der Waals surface area contributed by atoms with Crippen molar-refractivity contribution in [2.75, 3.05) is 13.7 Å². The topological polar surface area (TPSA) is 41.5 Å². The van der Waals surface area contributed by atoms with Gasteiger partial charge in [0, 0.05) is 13.1 Å². The highest BCUT2D eigenvalue weighted by Crippen LogP contribution is 2.31. The van der Waals surface area contributed by atoms with Crippen LogP contribution in [-0.4, -0.2) is 24.4 Å². The molecule has 3 heteroatoms. The molecule has 0 atom stereocenters. The molecule has 0 radical (unpaired) electrons. The first-order chi connectivity index (χ1) is 9.11. The number of rotatable bonds is 5. The van der Waals surface area contributed by atoms with Gasteiger partial charge >= 0.3 is 0 Å². The highest BCUT2D eigenvalue weighted by Gasteiger charge is 2.31. The molecule has 1 aromatic rings. The van der Waals surface area contributed by atoms with Crippen LogP contribution in [0.2, 0.25) is 0 Å². The minimum atomic E-state index is -0.509. The summed E-state index contributed by atoms with van der Waals surface area (Å²) in [5, 5.41) is 13.9.